The van der Waals surface area contributed by atoms with Crippen molar-refractivity contribution in [3.05, 3.63) is 35.5 Å². The summed E-state index contributed by atoms with van der Waals surface area (Å²) in [5, 5.41) is 2.21. The number of carbonyl (C=O) groups excluding carboxylic acids is 2. The first-order valence-electron chi connectivity index (χ1n) is 11.8. The van der Waals surface area contributed by atoms with Crippen LogP contribution >= 0.6 is 0 Å². The molecule has 2 saturated carbocycles. The van der Waals surface area contributed by atoms with Crippen LogP contribution in [0.1, 0.15) is 63.0 Å². The number of alkyl halides is 3. The van der Waals surface area contributed by atoms with Gasteiger partial charge in [-0.15, -0.1) is 13.2 Å². The monoisotopic (exact) mass is 489 g/mol. The fraction of sp³-hybridized carbons (Fsp3) is 0.520. The van der Waals surface area contributed by atoms with E-state index < -0.39 is 18.1 Å². The first-order chi connectivity index (χ1) is 16.5. The largest absolute Gasteiger partial charge is 0.574 e. The van der Waals surface area contributed by atoms with Crippen LogP contribution in [0.2, 0.25) is 0 Å². The molecule has 0 bridgehead atoms. The zero-order valence-corrected chi connectivity index (χ0v) is 19.4. The molecule has 1 heterocycles. The van der Waals surface area contributed by atoms with Gasteiger partial charge in [-0.1, -0.05) is 13.0 Å². The van der Waals surface area contributed by atoms with Gasteiger partial charge in [0.25, 0.3) is 5.88 Å². The normalized spacial score (nSPS) is 27.5. The number of hydrogen-bond acceptors (Lipinski definition) is 6. The third kappa shape index (κ3) is 4.46. The van der Waals surface area contributed by atoms with Crippen molar-refractivity contribution in [3.63, 3.8) is 0 Å². The van der Waals surface area contributed by atoms with Crippen LogP contribution in [0.15, 0.2) is 24.4 Å². The summed E-state index contributed by atoms with van der Waals surface area (Å²) in [5.41, 5.74) is 1.91. The number of benzene rings is 1. The summed E-state index contributed by atoms with van der Waals surface area (Å²) < 4.78 is 48.1. The van der Waals surface area contributed by atoms with E-state index in [2.05, 4.69) is 26.9 Å². The fourth-order valence-corrected chi connectivity index (χ4v) is 6.36. The van der Waals surface area contributed by atoms with Crippen molar-refractivity contribution in [1.29, 1.82) is 0 Å². The molecular formula is C25H26F3N3O4. The Morgan fingerprint density at radius 2 is 2.00 bits per heavy atom. The molecule has 1 N–H and O–H groups in total. The number of Topliss-reactive ketones (excluding diaryl/α,β-unsaturated/α-hetero) is 1. The predicted octanol–water partition coefficient (Wildman–Crippen LogP) is 5.55. The molecule has 0 radical (unpaired) electrons. The molecule has 35 heavy (non-hydrogen) atoms. The number of nitrogens with zero attached hydrogens (tertiary/aromatic N) is 2. The van der Waals surface area contributed by atoms with E-state index >= 15 is 0 Å². The van der Waals surface area contributed by atoms with Crippen LogP contribution in [0.3, 0.4) is 0 Å². The van der Waals surface area contributed by atoms with E-state index in [-0.39, 0.29) is 17.1 Å². The zero-order valence-electron chi connectivity index (χ0n) is 19.4. The fourth-order valence-electron chi connectivity index (χ4n) is 6.36. The Morgan fingerprint density at radius 1 is 1.20 bits per heavy atom. The molecule has 0 unspecified atom stereocenters. The third-order valence-corrected chi connectivity index (χ3v) is 7.87. The van der Waals surface area contributed by atoms with E-state index in [1.54, 1.807) is 6.07 Å². The quantitative estimate of drug-likeness (QED) is 0.606. The second kappa shape index (κ2) is 8.49. The van der Waals surface area contributed by atoms with Gasteiger partial charge in [-0.3, -0.25) is 9.59 Å². The second-order valence-electron chi connectivity index (χ2n) is 9.90. The Bertz CT molecular complexity index is 1190. The highest BCUT2D eigenvalue weighted by Crippen LogP contribution is 2.59. The van der Waals surface area contributed by atoms with E-state index in [0.29, 0.717) is 35.7 Å². The average molecular weight is 489 g/mol. The summed E-state index contributed by atoms with van der Waals surface area (Å²) in [6.07, 6.45) is 1.40. The lowest BCUT2D eigenvalue weighted by molar-refractivity contribution is -0.275. The highest BCUT2D eigenvalue weighted by molar-refractivity contribution is 5.89. The van der Waals surface area contributed by atoms with Gasteiger partial charge < -0.3 is 14.8 Å². The standard InChI is InChI=1S/C25H26F3N3O4/c1-13(32)30-20-12-29-23(31-22(20)35-25(26,27)28)34-15-4-6-16-14(11-15)3-5-18-17(16)9-10-24(2)19(18)7-8-21(24)33/h4,6,11-12,17-19H,3,5,7-10H2,1-2H3,(H,30,32)/t17-,18-,19+,24+/m0/s1. The van der Waals surface area contributed by atoms with E-state index in [9.17, 15) is 22.8 Å². The topological polar surface area (TPSA) is 90.4 Å². The van der Waals surface area contributed by atoms with Gasteiger partial charge in [0.1, 0.15) is 17.2 Å². The third-order valence-electron chi connectivity index (χ3n) is 7.87. The van der Waals surface area contributed by atoms with Crippen LogP contribution in [-0.2, 0) is 16.0 Å². The van der Waals surface area contributed by atoms with Gasteiger partial charge in [-0.25, -0.2) is 4.98 Å². The van der Waals surface area contributed by atoms with Crippen molar-refractivity contribution >= 4 is 17.4 Å². The summed E-state index contributed by atoms with van der Waals surface area (Å²) in [5.74, 6) is 0.698. The van der Waals surface area contributed by atoms with Crippen LogP contribution in [0, 0.1) is 17.3 Å². The smallest absolute Gasteiger partial charge is 0.424 e. The highest BCUT2D eigenvalue weighted by Gasteiger charge is 2.54. The van der Waals surface area contributed by atoms with Crippen LogP contribution in [-0.4, -0.2) is 28.0 Å². The molecule has 0 spiro atoms. The number of carbonyl (C=O) groups is 2. The molecule has 3 aliphatic carbocycles. The molecule has 3 aliphatic rings. The number of aromatic nitrogens is 2. The molecule has 5 rings (SSSR count). The summed E-state index contributed by atoms with van der Waals surface area (Å²) in [6, 6.07) is 5.34. The number of nitrogens with one attached hydrogen (secondary N) is 1. The van der Waals surface area contributed by atoms with Gasteiger partial charge >= 0.3 is 12.4 Å². The minimum Gasteiger partial charge on any atom is -0.424 e. The van der Waals surface area contributed by atoms with Gasteiger partial charge in [-0.05, 0) is 73.1 Å². The maximum absolute atomic E-state index is 12.8. The van der Waals surface area contributed by atoms with Crippen LogP contribution in [0.25, 0.3) is 0 Å². The lowest BCUT2D eigenvalue weighted by atomic mass is 9.55. The van der Waals surface area contributed by atoms with E-state index in [1.807, 2.05) is 12.1 Å². The first kappa shape index (κ1) is 23.6. The number of anilines is 1. The molecule has 0 saturated heterocycles. The molecule has 0 aliphatic heterocycles. The second-order valence-corrected chi connectivity index (χ2v) is 9.90. The van der Waals surface area contributed by atoms with Gasteiger partial charge in [-0.2, -0.15) is 4.98 Å². The van der Waals surface area contributed by atoms with Crippen molar-refractivity contribution in [2.24, 2.45) is 17.3 Å². The van der Waals surface area contributed by atoms with Gasteiger partial charge in [0.2, 0.25) is 5.91 Å². The average Bonchev–Trinajstić information content (AvgIpc) is 3.08. The molecule has 1 aromatic carbocycles. The number of halogens is 3. The molecule has 2 fully saturated rings. The summed E-state index contributed by atoms with van der Waals surface area (Å²) in [4.78, 5) is 31.4. The van der Waals surface area contributed by atoms with Crippen molar-refractivity contribution in [3.8, 4) is 17.6 Å². The van der Waals surface area contributed by atoms with Crippen LogP contribution < -0.4 is 14.8 Å². The predicted molar refractivity (Wildman–Crippen MR) is 119 cm³/mol. The Hall–Kier alpha value is -3.17. The lowest BCUT2D eigenvalue weighted by Crippen LogP contribution is -2.42. The number of amides is 1. The van der Waals surface area contributed by atoms with Crippen molar-refractivity contribution in [2.45, 2.75) is 64.7 Å². The summed E-state index contributed by atoms with van der Waals surface area (Å²) >= 11 is 0. The number of ether oxygens (including phenoxy) is 2. The molecule has 1 amide bonds. The number of rotatable bonds is 4. The minimum absolute atomic E-state index is 0.182. The summed E-state index contributed by atoms with van der Waals surface area (Å²) in [6.45, 7) is 3.29. The molecule has 186 valence electrons. The summed E-state index contributed by atoms with van der Waals surface area (Å²) in [7, 11) is 0. The first-order valence-corrected chi connectivity index (χ1v) is 11.8. The minimum atomic E-state index is -5.00. The SMILES string of the molecule is CC(=O)Nc1cnc(Oc2ccc3c(c2)CC[C@@H]2[C@H]4CCC(=O)[C@]4(C)CC[C@@H]32)nc1OC(F)(F)F. The van der Waals surface area contributed by atoms with E-state index in [1.165, 1.54) is 5.56 Å². The molecule has 4 atom stereocenters. The molecule has 1 aromatic heterocycles. The molecule has 10 heteroatoms. The molecule has 2 aromatic rings. The maximum Gasteiger partial charge on any atom is 0.574 e. The van der Waals surface area contributed by atoms with Crippen molar-refractivity contribution < 1.29 is 32.2 Å². The maximum atomic E-state index is 12.8. The van der Waals surface area contributed by atoms with Crippen LogP contribution in [0.4, 0.5) is 18.9 Å². The van der Waals surface area contributed by atoms with Crippen molar-refractivity contribution in [2.75, 3.05) is 5.32 Å². The van der Waals surface area contributed by atoms with Crippen LogP contribution in [0.5, 0.6) is 17.6 Å². The molecule has 7 nitrogen and oxygen atoms in total. The lowest BCUT2D eigenvalue weighted by Gasteiger charge is -2.48. The molecular weight excluding hydrogens is 463 g/mol. The number of ketones is 1. The van der Waals surface area contributed by atoms with Crippen molar-refractivity contribution in [1.82, 2.24) is 9.97 Å². The number of hydrogen-bond donors (Lipinski definition) is 1. The Morgan fingerprint density at radius 3 is 2.74 bits per heavy atom. The van der Waals surface area contributed by atoms with Gasteiger partial charge in [0.15, 0.2) is 0 Å². The Balaban J connectivity index is 1.37. The Kier molecular flexibility index (Phi) is 5.72. The number of aryl methyl sites for hydroxylation is 1. The van der Waals surface area contributed by atoms with Gasteiger partial charge in [0, 0.05) is 18.8 Å². The Labute approximate surface area is 200 Å². The van der Waals surface area contributed by atoms with E-state index in [4.69, 9.17) is 4.74 Å². The van der Waals surface area contributed by atoms with E-state index in [0.717, 1.165) is 50.8 Å². The van der Waals surface area contributed by atoms with Gasteiger partial charge in [0.05, 0.1) is 6.20 Å². The highest BCUT2D eigenvalue weighted by atomic mass is 19.4. The zero-order chi connectivity index (χ0) is 25.0. The number of fused-ring (bicyclic) bond motifs is 5.